The number of aliphatic carboxylic acids is 1. The molecule has 0 aliphatic carbocycles. The van der Waals surface area contributed by atoms with Gasteiger partial charge in [0.05, 0.1) is 12.3 Å². The highest BCUT2D eigenvalue weighted by molar-refractivity contribution is 7.90. The van der Waals surface area contributed by atoms with E-state index in [0.29, 0.717) is 19.0 Å². The number of sulfone groups is 1. The van der Waals surface area contributed by atoms with Gasteiger partial charge < -0.3 is 15.3 Å². The van der Waals surface area contributed by atoms with Crippen molar-refractivity contribution in [2.75, 3.05) is 44.7 Å². The van der Waals surface area contributed by atoms with Gasteiger partial charge in [0.2, 0.25) is 0 Å². The molecule has 1 atom stereocenters. The van der Waals surface area contributed by atoms with Crippen LogP contribution >= 0.6 is 0 Å². The highest BCUT2D eigenvalue weighted by Gasteiger charge is 2.20. The van der Waals surface area contributed by atoms with Gasteiger partial charge in [-0.2, -0.15) is 0 Å². The van der Waals surface area contributed by atoms with Crippen molar-refractivity contribution >= 4 is 15.8 Å². The Hall–Kier alpha value is -0.660. The van der Waals surface area contributed by atoms with Gasteiger partial charge in [0.15, 0.2) is 0 Å². The summed E-state index contributed by atoms with van der Waals surface area (Å²) < 4.78 is 22.2. The molecule has 106 valence electrons. The van der Waals surface area contributed by atoms with Crippen LogP contribution in [0.3, 0.4) is 0 Å². The predicted octanol–water partition coefficient (Wildman–Crippen LogP) is -0.583. The third-order valence-electron chi connectivity index (χ3n) is 3.09. The zero-order chi connectivity index (χ0) is 13.6. The number of hydrogen-bond acceptors (Lipinski definition) is 5. The molecule has 6 nitrogen and oxygen atoms in total. The molecule has 1 fully saturated rings. The Morgan fingerprint density at radius 1 is 1.50 bits per heavy atom. The van der Waals surface area contributed by atoms with Gasteiger partial charge in [-0.15, -0.1) is 0 Å². The van der Waals surface area contributed by atoms with E-state index in [1.165, 1.54) is 6.26 Å². The molecule has 1 saturated heterocycles. The van der Waals surface area contributed by atoms with Crippen molar-refractivity contribution in [3.05, 3.63) is 0 Å². The SMILES string of the molecule is CS(=O)(=O)CCN1CCCC(CNCC(=O)O)C1. The number of hydrogen-bond donors (Lipinski definition) is 2. The molecule has 0 spiro atoms. The van der Waals surface area contributed by atoms with E-state index in [1.807, 2.05) is 0 Å². The van der Waals surface area contributed by atoms with E-state index < -0.39 is 15.8 Å². The maximum absolute atomic E-state index is 11.1. The number of rotatable bonds is 7. The maximum Gasteiger partial charge on any atom is 0.317 e. The molecular formula is C11H22N2O4S. The fourth-order valence-corrected chi connectivity index (χ4v) is 2.79. The molecule has 1 unspecified atom stereocenters. The van der Waals surface area contributed by atoms with Crippen molar-refractivity contribution < 1.29 is 18.3 Å². The van der Waals surface area contributed by atoms with Gasteiger partial charge in [0, 0.05) is 19.3 Å². The summed E-state index contributed by atoms with van der Waals surface area (Å²) in [5, 5.41) is 11.4. The van der Waals surface area contributed by atoms with Gasteiger partial charge in [-0.25, -0.2) is 8.42 Å². The average Bonchev–Trinajstić information content (AvgIpc) is 2.26. The van der Waals surface area contributed by atoms with Crippen molar-refractivity contribution in [3.63, 3.8) is 0 Å². The van der Waals surface area contributed by atoms with Crippen LogP contribution < -0.4 is 5.32 Å². The second-order valence-corrected chi connectivity index (χ2v) is 7.22. The van der Waals surface area contributed by atoms with Crippen molar-refractivity contribution in [2.45, 2.75) is 12.8 Å². The minimum atomic E-state index is -2.90. The van der Waals surface area contributed by atoms with Crippen molar-refractivity contribution in [1.82, 2.24) is 10.2 Å². The Labute approximate surface area is 108 Å². The van der Waals surface area contributed by atoms with Crippen molar-refractivity contribution in [3.8, 4) is 0 Å². The van der Waals surface area contributed by atoms with E-state index in [0.717, 1.165) is 25.9 Å². The summed E-state index contributed by atoms with van der Waals surface area (Å²) in [7, 11) is -2.90. The lowest BCUT2D eigenvalue weighted by Crippen LogP contribution is -2.42. The maximum atomic E-state index is 11.1. The molecule has 1 aliphatic rings. The van der Waals surface area contributed by atoms with Crippen LogP contribution in [0.15, 0.2) is 0 Å². The van der Waals surface area contributed by atoms with Crippen LogP contribution in [-0.4, -0.2) is 69.1 Å². The van der Waals surface area contributed by atoms with E-state index in [-0.39, 0.29) is 12.3 Å². The van der Waals surface area contributed by atoms with Crippen LogP contribution in [0.4, 0.5) is 0 Å². The van der Waals surface area contributed by atoms with E-state index in [1.54, 1.807) is 0 Å². The largest absolute Gasteiger partial charge is 0.480 e. The first-order valence-electron chi connectivity index (χ1n) is 6.19. The van der Waals surface area contributed by atoms with Crippen LogP contribution in [0.25, 0.3) is 0 Å². The number of carbonyl (C=O) groups is 1. The van der Waals surface area contributed by atoms with E-state index in [4.69, 9.17) is 5.11 Å². The molecule has 0 aromatic carbocycles. The quantitative estimate of drug-likeness (QED) is 0.648. The number of piperidine rings is 1. The first-order valence-corrected chi connectivity index (χ1v) is 8.25. The third kappa shape index (κ3) is 6.93. The van der Waals surface area contributed by atoms with Crippen LogP contribution in [0.5, 0.6) is 0 Å². The predicted molar refractivity (Wildman–Crippen MR) is 69.4 cm³/mol. The van der Waals surface area contributed by atoms with Gasteiger partial charge in [-0.1, -0.05) is 0 Å². The molecule has 0 amide bonds. The Bertz CT molecular complexity index is 369. The standard InChI is InChI=1S/C11H22N2O4S/c1-18(16,17)6-5-13-4-2-3-10(9-13)7-12-8-11(14)15/h10,12H,2-9H2,1H3,(H,14,15). The van der Waals surface area contributed by atoms with E-state index >= 15 is 0 Å². The Morgan fingerprint density at radius 3 is 2.83 bits per heavy atom. The summed E-state index contributed by atoms with van der Waals surface area (Å²) in [5.41, 5.74) is 0. The number of carboxylic acids is 1. The second kappa shape index (κ2) is 7.06. The molecule has 1 heterocycles. The molecule has 7 heteroatoms. The van der Waals surface area contributed by atoms with Crippen LogP contribution in [0, 0.1) is 5.92 Å². The number of nitrogens with zero attached hydrogens (tertiary/aromatic N) is 1. The minimum Gasteiger partial charge on any atom is -0.480 e. The summed E-state index contributed by atoms with van der Waals surface area (Å²) in [6.07, 6.45) is 3.37. The number of likely N-dealkylation sites (tertiary alicyclic amines) is 1. The molecule has 0 saturated carbocycles. The minimum absolute atomic E-state index is 0.0140. The second-order valence-electron chi connectivity index (χ2n) is 4.96. The molecule has 0 bridgehead atoms. The first-order chi connectivity index (χ1) is 8.37. The number of nitrogens with one attached hydrogen (secondary N) is 1. The van der Waals surface area contributed by atoms with Gasteiger partial charge in [-0.3, -0.25) is 4.79 Å². The highest BCUT2D eigenvalue weighted by atomic mass is 32.2. The summed E-state index contributed by atoms with van der Waals surface area (Å²) in [4.78, 5) is 12.5. The average molecular weight is 278 g/mol. The van der Waals surface area contributed by atoms with Gasteiger partial charge in [-0.05, 0) is 31.8 Å². The fourth-order valence-electron chi connectivity index (χ4n) is 2.20. The molecule has 0 aromatic rings. The smallest absolute Gasteiger partial charge is 0.317 e. The van der Waals surface area contributed by atoms with E-state index in [2.05, 4.69) is 10.2 Å². The lowest BCUT2D eigenvalue weighted by Gasteiger charge is -2.32. The normalized spacial score (nSPS) is 21.9. The van der Waals surface area contributed by atoms with Crippen LogP contribution in [0.1, 0.15) is 12.8 Å². The Balaban J connectivity index is 2.25. The van der Waals surface area contributed by atoms with Gasteiger partial charge in [0.25, 0.3) is 0 Å². The summed E-state index contributed by atoms with van der Waals surface area (Å²) in [6.45, 7) is 3.03. The third-order valence-corrected chi connectivity index (χ3v) is 4.01. The zero-order valence-electron chi connectivity index (χ0n) is 10.8. The molecule has 2 N–H and O–H groups in total. The molecule has 18 heavy (non-hydrogen) atoms. The number of carboxylic acid groups (broad SMARTS) is 1. The summed E-state index contributed by atoms with van der Waals surface area (Å²) in [5.74, 6) is -0.236. The Kier molecular flexibility index (Phi) is 6.04. The van der Waals surface area contributed by atoms with Gasteiger partial charge in [0.1, 0.15) is 9.84 Å². The molecule has 0 radical (unpaired) electrons. The van der Waals surface area contributed by atoms with Crippen LogP contribution in [0.2, 0.25) is 0 Å². The first kappa shape index (κ1) is 15.4. The topological polar surface area (TPSA) is 86.7 Å². The summed E-state index contributed by atoms with van der Waals surface area (Å²) >= 11 is 0. The van der Waals surface area contributed by atoms with Crippen molar-refractivity contribution in [2.24, 2.45) is 5.92 Å². The summed E-state index contributed by atoms with van der Waals surface area (Å²) in [6, 6.07) is 0. The molecule has 1 aliphatic heterocycles. The zero-order valence-corrected chi connectivity index (χ0v) is 11.6. The fraction of sp³-hybridized carbons (Fsp3) is 0.909. The Morgan fingerprint density at radius 2 is 2.22 bits per heavy atom. The monoisotopic (exact) mass is 278 g/mol. The lowest BCUT2D eigenvalue weighted by molar-refractivity contribution is -0.136. The van der Waals surface area contributed by atoms with E-state index in [9.17, 15) is 13.2 Å². The highest BCUT2D eigenvalue weighted by Crippen LogP contribution is 2.15. The van der Waals surface area contributed by atoms with Crippen molar-refractivity contribution in [1.29, 1.82) is 0 Å². The lowest BCUT2D eigenvalue weighted by atomic mass is 9.98. The van der Waals surface area contributed by atoms with Gasteiger partial charge >= 0.3 is 5.97 Å². The molecule has 1 rings (SSSR count). The van der Waals surface area contributed by atoms with Crippen LogP contribution in [-0.2, 0) is 14.6 Å². The molecule has 0 aromatic heterocycles. The molecular weight excluding hydrogens is 256 g/mol.